The molecule has 0 aliphatic rings. The SMILES string of the molecule is CCOC(=O)CCc1ccc(C)c(C(=O)OC)c1. The molecule has 98 valence electrons. The molecule has 0 aliphatic carbocycles. The lowest BCUT2D eigenvalue weighted by Gasteiger charge is -2.07. The average Bonchev–Trinajstić information content (AvgIpc) is 2.37. The maximum Gasteiger partial charge on any atom is 0.338 e. The minimum absolute atomic E-state index is 0.224. The first-order valence-electron chi connectivity index (χ1n) is 5.92. The molecule has 0 amide bonds. The van der Waals surface area contributed by atoms with Crippen molar-refractivity contribution in [3.8, 4) is 0 Å². The second kappa shape index (κ2) is 6.79. The van der Waals surface area contributed by atoms with Crippen LogP contribution in [0.25, 0.3) is 0 Å². The van der Waals surface area contributed by atoms with Crippen molar-refractivity contribution in [2.24, 2.45) is 0 Å². The van der Waals surface area contributed by atoms with E-state index in [1.807, 2.05) is 19.1 Å². The third-order valence-corrected chi connectivity index (χ3v) is 2.63. The lowest BCUT2D eigenvalue weighted by atomic mass is 10.0. The van der Waals surface area contributed by atoms with Crippen molar-refractivity contribution in [3.63, 3.8) is 0 Å². The van der Waals surface area contributed by atoms with Gasteiger partial charge in [0.05, 0.1) is 19.3 Å². The highest BCUT2D eigenvalue weighted by molar-refractivity contribution is 5.91. The fourth-order valence-corrected chi connectivity index (χ4v) is 1.63. The first-order valence-corrected chi connectivity index (χ1v) is 5.92. The van der Waals surface area contributed by atoms with Gasteiger partial charge in [0.25, 0.3) is 0 Å². The van der Waals surface area contributed by atoms with Crippen LogP contribution in [0.1, 0.15) is 34.8 Å². The molecule has 1 rings (SSSR count). The van der Waals surface area contributed by atoms with Gasteiger partial charge in [-0.15, -0.1) is 0 Å². The second-order valence-electron chi connectivity index (χ2n) is 3.95. The van der Waals surface area contributed by atoms with Crippen molar-refractivity contribution in [1.29, 1.82) is 0 Å². The van der Waals surface area contributed by atoms with Crippen LogP contribution in [0, 0.1) is 6.92 Å². The number of aryl methyl sites for hydroxylation is 2. The molecule has 0 bridgehead atoms. The van der Waals surface area contributed by atoms with Crippen LogP contribution in [0.5, 0.6) is 0 Å². The molecule has 1 aromatic rings. The first kappa shape index (κ1) is 14.2. The summed E-state index contributed by atoms with van der Waals surface area (Å²) < 4.78 is 9.56. The summed E-state index contributed by atoms with van der Waals surface area (Å²) in [5, 5.41) is 0. The van der Waals surface area contributed by atoms with E-state index in [9.17, 15) is 9.59 Å². The van der Waals surface area contributed by atoms with Gasteiger partial charge in [-0.2, -0.15) is 0 Å². The van der Waals surface area contributed by atoms with Gasteiger partial charge in [0, 0.05) is 6.42 Å². The van der Waals surface area contributed by atoms with E-state index in [4.69, 9.17) is 9.47 Å². The third kappa shape index (κ3) is 3.87. The summed E-state index contributed by atoms with van der Waals surface area (Å²) in [4.78, 5) is 22.8. The molecule has 0 aromatic heterocycles. The zero-order valence-electron chi connectivity index (χ0n) is 11.0. The van der Waals surface area contributed by atoms with E-state index in [1.54, 1.807) is 13.0 Å². The lowest BCUT2D eigenvalue weighted by Crippen LogP contribution is -2.07. The van der Waals surface area contributed by atoms with E-state index in [2.05, 4.69) is 0 Å². The normalized spacial score (nSPS) is 9.94. The van der Waals surface area contributed by atoms with Crippen molar-refractivity contribution in [2.75, 3.05) is 13.7 Å². The van der Waals surface area contributed by atoms with E-state index < -0.39 is 0 Å². The fraction of sp³-hybridized carbons (Fsp3) is 0.429. The number of carbonyl (C=O) groups is 2. The molecule has 0 fully saturated rings. The quantitative estimate of drug-likeness (QED) is 0.752. The molecule has 1 aromatic carbocycles. The van der Waals surface area contributed by atoms with Gasteiger partial charge in [-0.1, -0.05) is 12.1 Å². The Balaban J connectivity index is 2.73. The van der Waals surface area contributed by atoms with E-state index in [-0.39, 0.29) is 11.9 Å². The highest BCUT2D eigenvalue weighted by Crippen LogP contribution is 2.14. The lowest BCUT2D eigenvalue weighted by molar-refractivity contribution is -0.143. The molecule has 0 saturated heterocycles. The van der Waals surface area contributed by atoms with E-state index >= 15 is 0 Å². The van der Waals surface area contributed by atoms with Crippen LogP contribution in [0.15, 0.2) is 18.2 Å². The molecule has 0 radical (unpaired) electrons. The molecule has 0 spiro atoms. The molecule has 0 N–H and O–H groups in total. The summed E-state index contributed by atoms with van der Waals surface area (Å²) in [6, 6.07) is 5.52. The van der Waals surface area contributed by atoms with Crippen molar-refractivity contribution >= 4 is 11.9 Å². The maximum atomic E-state index is 11.5. The van der Waals surface area contributed by atoms with Gasteiger partial charge in [-0.05, 0) is 37.5 Å². The number of hydrogen-bond acceptors (Lipinski definition) is 4. The molecule has 4 heteroatoms. The number of hydrogen-bond donors (Lipinski definition) is 0. The highest BCUT2D eigenvalue weighted by Gasteiger charge is 2.10. The van der Waals surface area contributed by atoms with Crippen molar-refractivity contribution < 1.29 is 19.1 Å². The van der Waals surface area contributed by atoms with Gasteiger partial charge < -0.3 is 9.47 Å². The predicted molar refractivity (Wildman–Crippen MR) is 67.5 cm³/mol. The van der Waals surface area contributed by atoms with Crippen LogP contribution in [0.2, 0.25) is 0 Å². The summed E-state index contributed by atoms with van der Waals surface area (Å²) in [6.07, 6.45) is 0.876. The Kier molecular flexibility index (Phi) is 5.36. The first-order chi connectivity index (χ1) is 8.58. The molecule has 0 heterocycles. The largest absolute Gasteiger partial charge is 0.466 e. The van der Waals surface area contributed by atoms with E-state index in [0.717, 1.165) is 11.1 Å². The van der Waals surface area contributed by atoms with Crippen LogP contribution in [0.3, 0.4) is 0 Å². The van der Waals surface area contributed by atoms with Crippen LogP contribution < -0.4 is 0 Å². The molecule has 0 saturated carbocycles. The summed E-state index contributed by atoms with van der Waals surface area (Å²) in [5.41, 5.74) is 2.33. The number of carbonyl (C=O) groups excluding carboxylic acids is 2. The second-order valence-corrected chi connectivity index (χ2v) is 3.95. The predicted octanol–water partition coefficient (Wildman–Crippen LogP) is 2.28. The summed E-state index contributed by atoms with van der Waals surface area (Å²) in [6.45, 7) is 4.01. The molecular formula is C14H18O4. The maximum absolute atomic E-state index is 11.5. The van der Waals surface area contributed by atoms with E-state index in [1.165, 1.54) is 7.11 Å². The van der Waals surface area contributed by atoms with Crippen molar-refractivity contribution in [3.05, 3.63) is 34.9 Å². The highest BCUT2D eigenvalue weighted by atomic mass is 16.5. The molecule has 4 nitrogen and oxygen atoms in total. The Bertz CT molecular complexity index is 437. The summed E-state index contributed by atoms with van der Waals surface area (Å²) >= 11 is 0. The third-order valence-electron chi connectivity index (χ3n) is 2.63. The van der Waals surface area contributed by atoms with Crippen LogP contribution in [-0.4, -0.2) is 25.7 Å². The van der Waals surface area contributed by atoms with E-state index in [0.29, 0.717) is 25.0 Å². The van der Waals surface area contributed by atoms with Crippen LogP contribution >= 0.6 is 0 Å². The smallest absolute Gasteiger partial charge is 0.338 e. The Morgan fingerprint density at radius 1 is 1.28 bits per heavy atom. The summed E-state index contributed by atoms with van der Waals surface area (Å²) in [7, 11) is 1.35. The number of methoxy groups -OCH3 is 1. The minimum atomic E-state index is -0.356. The van der Waals surface area contributed by atoms with Crippen molar-refractivity contribution in [1.82, 2.24) is 0 Å². The number of rotatable bonds is 5. The van der Waals surface area contributed by atoms with Crippen LogP contribution in [0.4, 0.5) is 0 Å². The number of esters is 2. The zero-order valence-corrected chi connectivity index (χ0v) is 11.0. The summed E-state index contributed by atoms with van der Waals surface area (Å²) in [5.74, 6) is -0.580. The molecule has 0 aliphatic heterocycles. The van der Waals surface area contributed by atoms with Crippen LogP contribution in [-0.2, 0) is 20.7 Å². The Morgan fingerprint density at radius 2 is 2.00 bits per heavy atom. The molecular weight excluding hydrogens is 232 g/mol. The van der Waals surface area contributed by atoms with Crippen molar-refractivity contribution in [2.45, 2.75) is 26.7 Å². The molecule has 0 unspecified atom stereocenters. The average molecular weight is 250 g/mol. The fourth-order valence-electron chi connectivity index (χ4n) is 1.63. The van der Waals surface area contributed by atoms with Gasteiger partial charge in [0.15, 0.2) is 0 Å². The Labute approximate surface area is 107 Å². The topological polar surface area (TPSA) is 52.6 Å². The zero-order chi connectivity index (χ0) is 13.5. The van der Waals surface area contributed by atoms with Gasteiger partial charge >= 0.3 is 11.9 Å². The Hall–Kier alpha value is -1.84. The van der Waals surface area contributed by atoms with Gasteiger partial charge in [0.1, 0.15) is 0 Å². The number of ether oxygens (including phenoxy) is 2. The number of benzene rings is 1. The molecule has 0 atom stereocenters. The van der Waals surface area contributed by atoms with Gasteiger partial charge in [-0.25, -0.2) is 4.79 Å². The molecule has 18 heavy (non-hydrogen) atoms. The standard InChI is InChI=1S/C14H18O4/c1-4-18-13(15)8-7-11-6-5-10(2)12(9-11)14(16)17-3/h5-6,9H,4,7-8H2,1-3H3. The van der Waals surface area contributed by atoms with Gasteiger partial charge in [-0.3, -0.25) is 4.79 Å². The Morgan fingerprint density at radius 3 is 2.61 bits per heavy atom. The van der Waals surface area contributed by atoms with Gasteiger partial charge in [0.2, 0.25) is 0 Å². The minimum Gasteiger partial charge on any atom is -0.466 e. The monoisotopic (exact) mass is 250 g/mol.